The molecule has 0 bridgehead atoms. The second kappa shape index (κ2) is 5.99. The summed E-state index contributed by atoms with van der Waals surface area (Å²) in [5.74, 6) is -0.110. The Kier molecular flexibility index (Phi) is 4.31. The molecule has 2 aromatic rings. The minimum absolute atomic E-state index is 0.162. The molecule has 21 heavy (non-hydrogen) atoms. The van der Waals surface area contributed by atoms with Gasteiger partial charge in [-0.15, -0.1) is 0 Å². The maximum Gasteiger partial charge on any atom is 0.374 e. The van der Waals surface area contributed by atoms with Crippen LogP contribution in [-0.2, 0) is 6.42 Å². The van der Waals surface area contributed by atoms with E-state index in [4.69, 9.17) is 14.4 Å². The van der Waals surface area contributed by atoms with Crippen molar-refractivity contribution in [2.75, 3.05) is 7.11 Å². The number of rotatable bonds is 5. The number of hydrogen-bond donors (Lipinski definition) is 1. The quantitative estimate of drug-likeness (QED) is 0.907. The highest BCUT2D eigenvalue weighted by Gasteiger charge is 2.17. The summed E-state index contributed by atoms with van der Waals surface area (Å²) in [6.45, 7) is 6.23. The van der Waals surface area contributed by atoms with Crippen molar-refractivity contribution in [1.29, 1.82) is 0 Å². The molecule has 1 heterocycles. The molecular weight excluding hydrogens is 270 g/mol. The van der Waals surface area contributed by atoms with Crippen LogP contribution in [0.25, 0.3) is 11.3 Å². The Hall–Kier alpha value is -2.30. The lowest BCUT2D eigenvalue weighted by atomic mass is 9.94. The van der Waals surface area contributed by atoms with E-state index in [1.165, 1.54) is 6.07 Å². The van der Waals surface area contributed by atoms with E-state index < -0.39 is 5.97 Å². The van der Waals surface area contributed by atoms with Crippen molar-refractivity contribution in [2.45, 2.75) is 33.1 Å². The maximum absolute atomic E-state index is 10.9. The fourth-order valence-electron chi connectivity index (χ4n) is 2.31. The monoisotopic (exact) mass is 289 g/mol. The Balaban J connectivity index is 2.58. The molecule has 0 amide bonds. The summed E-state index contributed by atoms with van der Waals surface area (Å²) < 4.78 is 10.4. The largest absolute Gasteiger partial charge is 0.496 e. The maximum atomic E-state index is 10.9. The van der Waals surface area contributed by atoms with Crippen molar-refractivity contribution in [2.24, 2.45) is 0 Å². The van der Waals surface area contributed by atoms with E-state index in [0.717, 1.165) is 28.9 Å². The van der Waals surface area contributed by atoms with Crippen LogP contribution in [0.3, 0.4) is 0 Å². The van der Waals surface area contributed by atoms with E-state index in [2.05, 4.69) is 25.9 Å². The lowest BCUT2D eigenvalue weighted by Gasteiger charge is -2.17. The van der Waals surface area contributed by atoms with Crippen LogP contribution in [0.15, 0.2) is 22.7 Å². The lowest BCUT2D eigenvalue weighted by Crippen LogP contribution is -2.00. The van der Waals surface area contributed by atoms with Gasteiger partial charge in [0.25, 0.3) is 0 Å². The fourth-order valence-corrected chi connectivity index (χ4v) is 2.31. The summed E-state index contributed by atoms with van der Waals surface area (Å²) in [5, 5.41) is 12.8. The molecular formula is C16H19NO4. The second-order valence-corrected chi connectivity index (χ2v) is 5.15. The molecule has 0 radical (unpaired) electrons. The highest BCUT2D eigenvalue weighted by molar-refractivity contribution is 5.85. The summed E-state index contributed by atoms with van der Waals surface area (Å²) in [6, 6.07) is 5.38. The molecule has 0 saturated carbocycles. The number of aryl methyl sites for hydroxylation is 1. The molecule has 1 N–H and O–H groups in total. The summed E-state index contributed by atoms with van der Waals surface area (Å²) in [5.41, 5.74) is 3.50. The number of aromatic nitrogens is 1. The smallest absolute Gasteiger partial charge is 0.374 e. The summed E-state index contributed by atoms with van der Waals surface area (Å²) in [7, 11) is 1.67. The number of carboxylic acid groups (broad SMARTS) is 1. The standard InChI is InChI=1S/C16H19NO4/c1-5-10-6-11(7-12(9(2)3)15(10)20-4)13-8-14(16(18)19)21-17-13/h6-9H,5H2,1-4H3,(H,18,19). The Morgan fingerprint density at radius 2 is 2.10 bits per heavy atom. The highest BCUT2D eigenvalue weighted by Crippen LogP contribution is 2.35. The molecule has 5 nitrogen and oxygen atoms in total. The third kappa shape index (κ3) is 2.91. The first-order valence-corrected chi connectivity index (χ1v) is 6.89. The summed E-state index contributed by atoms with van der Waals surface area (Å²) in [6.07, 6.45) is 0.820. The number of benzene rings is 1. The van der Waals surface area contributed by atoms with Crippen molar-refractivity contribution in [3.63, 3.8) is 0 Å². The van der Waals surface area contributed by atoms with E-state index in [0.29, 0.717) is 5.69 Å². The third-order valence-electron chi connectivity index (χ3n) is 3.42. The Labute approximate surface area is 123 Å². The third-order valence-corrected chi connectivity index (χ3v) is 3.42. The zero-order valence-corrected chi connectivity index (χ0v) is 12.6. The Bertz CT molecular complexity index is 658. The predicted octanol–water partition coefficient (Wildman–Crippen LogP) is 3.73. The number of methoxy groups -OCH3 is 1. The average Bonchev–Trinajstić information content (AvgIpc) is 2.95. The first-order valence-electron chi connectivity index (χ1n) is 6.89. The number of hydrogen-bond acceptors (Lipinski definition) is 4. The van der Waals surface area contributed by atoms with Gasteiger partial charge in [-0.3, -0.25) is 0 Å². The van der Waals surface area contributed by atoms with Gasteiger partial charge in [-0.1, -0.05) is 25.9 Å². The first-order chi connectivity index (χ1) is 9.97. The fraction of sp³-hybridized carbons (Fsp3) is 0.375. The van der Waals surface area contributed by atoms with Crippen molar-refractivity contribution in [3.05, 3.63) is 35.1 Å². The average molecular weight is 289 g/mol. The predicted molar refractivity (Wildman–Crippen MR) is 78.9 cm³/mol. The molecule has 1 aromatic carbocycles. The molecule has 2 rings (SSSR count). The SMILES string of the molecule is CCc1cc(-c2cc(C(=O)O)on2)cc(C(C)C)c1OC. The second-order valence-electron chi connectivity index (χ2n) is 5.15. The van der Waals surface area contributed by atoms with E-state index >= 15 is 0 Å². The molecule has 0 aliphatic carbocycles. The van der Waals surface area contributed by atoms with E-state index in [1.54, 1.807) is 7.11 Å². The zero-order valence-electron chi connectivity index (χ0n) is 12.6. The van der Waals surface area contributed by atoms with Gasteiger partial charge in [0.15, 0.2) is 0 Å². The molecule has 0 saturated heterocycles. The van der Waals surface area contributed by atoms with E-state index in [1.807, 2.05) is 12.1 Å². The van der Waals surface area contributed by atoms with Crippen molar-refractivity contribution < 1.29 is 19.2 Å². The molecule has 5 heteroatoms. The van der Waals surface area contributed by atoms with Crippen molar-refractivity contribution in [3.8, 4) is 17.0 Å². The Morgan fingerprint density at radius 3 is 2.57 bits per heavy atom. The summed E-state index contributed by atoms with van der Waals surface area (Å²) >= 11 is 0. The van der Waals surface area contributed by atoms with Gasteiger partial charge in [-0.2, -0.15) is 0 Å². The van der Waals surface area contributed by atoms with Crippen molar-refractivity contribution >= 4 is 5.97 Å². The normalized spacial score (nSPS) is 10.9. The molecule has 0 fully saturated rings. The first kappa shape index (κ1) is 15.1. The number of ether oxygens (including phenoxy) is 1. The van der Waals surface area contributed by atoms with Crippen LogP contribution in [0.2, 0.25) is 0 Å². The number of aromatic carboxylic acids is 1. The van der Waals surface area contributed by atoms with Gasteiger partial charge < -0.3 is 14.4 Å². The number of nitrogens with zero attached hydrogens (tertiary/aromatic N) is 1. The minimum atomic E-state index is -1.12. The lowest BCUT2D eigenvalue weighted by molar-refractivity contribution is 0.0652. The molecule has 0 atom stereocenters. The van der Waals surface area contributed by atoms with Crippen LogP contribution in [-0.4, -0.2) is 23.3 Å². The van der Waals surface area contributed by atoms with Gasteiger partial charge in [0.05, 0.1) is 7.11 Å². The minimum Gasteiger partial charge on any atom is -0.496 e. The summed E-state index contributed by atoms with van der Waals surface area (Å²) in [4.78, 5) is 10.9. The molecule has 0 aliphatic heterocycles. The van der Waals surface area contributed by atoms with Gasteiger partial charge in [-0.05, 0) is 35.6 Å². The van der Waals surface area contributed by atoms with Crippen LogP contribution in [0.4, 0.5) is 0 Å². The van der Waals surface area contributed by atoms with Crippen LogP contribution in [0, 0.1) is 0 Å². The van der Waals surface area contributed by atoms with Crippen LogP contribution in [0.5, 0.6) is 5.75 Å². The van der Waals surface area contributed by atoms with E-state index in [-0.39, 0.29) is 11.7 Å². The topological polar surface area (TPSA) is 72.6 Å². The zero-order chi connectivity index (χ0) is 15.6. The molecule has 0 unspecified atom stereocenters. The van der Waals surface area contributed by atoms with Gasteiger partial charge in [0.1, 0.15) is 11.4 Å². The van der Waals surface area contributed by atoms with Crippen molar-refractivity contribution in [1.82, 2.24) is 5.16 Å². The van der Waals surface area contributed by atoms with Crippen LogP contribution >= 0.6 is 0 Å². The van der Waals surface area contributed by atoms with Crippen LogP contribution < -0.4 is 4.74 Å². The van der Waals surface area contributed by atoms with E-state index in [9.17, 15) is 4.79 Å². The molecule has 112 valence electrons. The van der Waals surface area contributed by atoms with Gasteiger partial charge >= 0.3 is 5.97 Å². The Morgan fingerprint density at radius 1 is 1.38 bits per heavy atom. The molecule has 0 aliphatic rings. The van der Waals surface area contributed by atoms with Gasteiger partial charge in [0, 0.05) is 11.6 Å². The van der Waals surface area contributed by atoms with Crippen LogP contribution in [0.1, 0.15) is 48.4 Å². The highest BCUT2D eigenvalue weighted by atomic mass is 16.5. The molecule has 0 spiro atoms. The van der Waals surface area contributed by atoms with Gasteiger partial charge in [0.2, 0.25) is 5.76 Å². The number of carboxylic acids is 1. The van der Waals surface area contributed by atoms with Gasteiger partial charge in [-0.25, -0.2) is 4.79 Å². The molecule has 1 aromatic heterocycles. The number of carbonyl (C=O) groups is 1.